The lowest BCUT2D eigenvalue weighted by molar-refractivity contribution is 0.812. The van der Waals surface area contributed by atoms with E-state index < -0.39 is 0 Å². The minimum Gasteiger partial charge on any atom is -0.369 e. The Balaban J connectivity index is 2.18. The van der Waals surface area contributed by atoms with E-state index in [2.05, 4.69) is 58.0 Å². The highest BCUT2D eigenvalue weighted by molar-refractivity contribution is 9.10. The molecule has 2 aromatic rings. The van der Waals surface area contributed by atoms with Gasteiger partial charge in [0.05, 0.1) is 17.7 Å². The summed E-state index contributed by atoms with van der Waals surface area (Å²) < 4.78 is 1.06. The van der Waals surface area contributed by atoms with Crippen molar-refractivity contribution in [2.24, 2.45) is 5.73 Å². The van der Waals surface area contributed by atoms with Crippen molar-refractivity contribution in [3.8, 4) is 0 Å². The van der Waals surface area contributed by atoms with Gasteiger partial charge in [0, 0.05) is 28.1 Å². The fourth-order valence-corrected chi connectivity index (χ4v) is 3.46. The summed E-state index contributed by atoms with van der Waals surface area (Å²) in [4.78, 5) is 7.80. The Hall–Kier alpha value is -0.910. The quantitative estimate of drug-likeness (QED) is 0.919. The molecule has 0 fully saturated rings. The Kier molecular flexibility index (Phi) is 4.60. The van der Waals surface area contributed by atoms with Crippen molar-refractivity contribution in [2.75, 3.05) is 11.9 Å². The fourth-order valence-electron chi connectivity index (χ4n) is 1.91. The molecule has 1 aromatic heterocycles. The van der Waals surface area contributed by atoms with Crippen LogP contribution in [-0.4, -0.2) is 12.0 Å². The van der Waals surface area contributed by atoms with Gasteiger partial charge in [-0.2, -0.15) is 0 Å². The Bertz CT molecular complexity index is 566. The normalized spacial score (nSPS) is 12.5. The predicted octanol–water partition coefficient (Wildman–Crippen LogP) is 3.87. The van der Waals surface area contributed by atoms with Crippen molar-refractivity contribution in [1.29, 1.82) is 0 Å². The zero-order valence-electron chi connectivity index (χ0n) is 11.4. The van der Waals surface area contributed by atoms with E-state index in [1.807, 2.05) is 12.4 Å². The van der Waals surface area contributed by atoms with E-state index in [0.29, 0.717) is 0 Å². The molecular weight excluding hydrogens is 322 g/mol. The van der Waals surface area contributed by atoms with Crippen molar-refractivity contribution >= 4 is 33.0 Å². The first-order valence-corrected chi connectivity index (χ1v) is 7.81. The number of rotatable bonds is 4. The molecule has 2 N–H and O–H groups in total. The molecule has 0 saturated heterocycles. The molecule has 0 saturated carbocycles. The maximum atomic E-state index is 5.92. The molecule has 0 radical (unpaired) electrons. The number of aryl methyl sites for hydroxylation is 1. The second kappa shape index (κ2) is 6.03. The summed E-state index contributed by atoms with van der Waals surface area (Å²) in [6, 6.07) is 6.35. The Morgan fingerprint density at radius 1 is 1.47 bits per heavy atom. The van der Waals surface area contributed by atoms with E-state index in [9.17, 15) is 0 Å². The maximum absolute atomic E-state index is 5.92. The second-order valence-electron chi connectivity index (χ2n) is 4.71. The standard InChI is InChI=1S/C14H18BrN3S/c1-9(16)12-5-4-11(6-13(12)15)18(3)7-14-10(2)17-8-19-14/h4-6,8-9H,7,16H2,1-3H3. The van der Waals surface area contributed by atoms with Crippen LogP contribution in [0.3, 0.4) is 0 Å². The number of benzene rings is 1. The smallest absolute Gasteiger partial charge is 0.0798 e. The molecule has 0 aliphatic heterocycles. The van der Waals surface area contributed by atoms with Crippen LogP contribution in [0.1, 0.15) is 29.1 Å². The van der Waals surface area contributed by atoms with E-state index in [1.165, 1.54) is 10.6 Å². The molecule has 0 bridgehead atoms. The molecule has 1 heterocycles. The van der Waals surface area contributed by atoms with Crippen molar-refractivity contribution in [1.82, 2.24) is 4.98 Å². The van der Waals surface area contributed by atoms with Gasteiger partial charge < -0.3 is 10.6 Å². The van der Waals surface area contributed by atoms with Crippen molar-refractivity contribution in [3.05, 3.63) is 44.3 Å². The lowest BCUT2D eigenvalue weighted by Gasteiger charge is -2.20. The predicted molar refractivity (Wildman–Crippen MR) is 85.7 cm³/mol. The molecule has 19 heavy (non-hydrogen) atoms. The number of halogens is 1. The average Bonchev–Trinajstić information content (AvgIpc) is 2.74. The lowest BCUT2D eigenvalue weighted by Crippen LogP contribution is -2.16. The van der Waals surface area contributed by atoms with E-state index >= 15 is 0 Å². The van der Waals surface area contributed by atoms with Gasteiger partial charge in [0.1, 0.15) is 0 Å². The first-order valence-electron chi connectivity index (χ1n) is 6.14. The summed E-state index contributed by atoms with van der Waals surface area (Å²) in [5, 5.41) is 0. The number of thiazole rings is 1. The van der Waals surface area contributed by atoms with Gasteiger partial charge in [-0.15, -0.1) is 11.3 Å². The summed E-state index contributed by atoms with van der Waals surface area (Å²) in [7, 11) is 2.09. The third-order valence-electron chi connectivity index (χ3n) is 3.14. The van der Waals surface area contributed by atoms with Crippen LogP contribution in [0.4, 0.5) is 5.69 Å². The first kappa shape index (κ1) is 14.5. The number of nitrogens with zero attached hydrogens (tertiary/aromatic N) is 2. The molecule has 0 aliphatic rings. The number of nitrogens with two attached hydrogens (primary N) is 1. The molecular formula is C14H18BrN3S. The largest absolute Gasteiger partial charge is 0.369 e. The van der Waals surface area contributed by atoms with Gasteiger partial charge in [-0.25, -0.2) is 4.98 Å². The molecule has 0 spiro atoms. The van der Waals surface area contributed by atoms with Crippen molar-refractivity contribution < 1.29 is 0 Å². The zero-order chi connectivity index (χ0) is 14.0. The highest BCUT2D eigenvalue weighted by Gasteiger charge is 2.10. The van der Waals surface area contributed by atoms with Crippen LogP contribution in [0.2, 0.25) is 0 Å². The van der Waals surface area contributed by atoms with Crippen LogP contribution in [-0.2, 0) is 6.54 Å². The Labute approximate surface area is 126 Å². The zero-order valence-corrected chi connectivity index (χ0v) is 13.8. The van der Waals surface area contributed by atoms with Crippen molar-refractivity contribution in [3.63, 3.8) is 0 Å². The highest BCUT2D eigenvalue weighted by atomic mass is 79.9. The van der Waals surface area contributed by atoms with Crippen LogP contribution in [0, 0.1) is 6.92 Å². The third-order valence-corrected chi connectivity index (χ3v) is 4.75. The van der Waals surface area contributed by atoms with Gasteiger partial charge in [0.25, 0.3) is 0 Å². The summed E-state index contributed by atoms with van der Waals surface area (Å²) in [5.74, 6) is 0. The average molecular weight is 340 g/mol. The van der Waals surface area contributed by atoms with Gasteiger partial charge >= 0.3 is 0 Å². The second-order valence-corrected chi connectivity index (χ2v) is 6.51. The van der Waals surface area contributed by atoms with E-state index in [4.69, 9.17) is 5.73 Å². The minimum atomic E-state index is 0.0393. The Morgan fingerprint density at radius 3 is 2.74 bits per heavy atom. The summed E-state index contributed by atoms with van der Waals surface area (Å²) in [6.07, 6.45) is 0. The number of hydrogen-bond acceptors (Lipinski definition) is 4. The number of hydrogen-bond donors (Lipinski definition) is 1. The fraction of sp³-hybridized carbons (Fsp3) is 0.357. The van der Waals surface area contributed by atoms with Crippen LogP contribution in [0.15, 0.2) is 28.2 Å². The number of anilines is 1. The summed E-state index contributed by atoms with van der Waals surface area (Å²) in [6.45, 7) is 4.92. The van der Waals surface area contributed by atoms with E-state index in [-0.39, 0.29) is 6.04 Å². The monoisotopic (exact) mass is 339 g/mol. The molecule has 102 valence electrons. The molecule has 1 atom stereocenters. The Morgan fingerprint density at radius 2 is 2.21 bits per heavy atom. The highest BCUT2D eigenvalue weighted by Crippen LogP contribution is 2.28. The SMILES string of the molecule is Cc1ncsc1CN(C)c1ccc(C(C)N)c(Br)c1. The maximum Gasteiger partial charge on any atom is 0.0798 e. The van der Waals surface area contributed by atoms with E-state index in [1.54, 1.807) is 11.3 Å². The lowest BCUT2D eigenvalue weighted by atomic mass is 10.1. The van der Waals surface area contributed by atoms with Crippen LogP contribution >= 0.6 is 27.3 Å². The molecule has 3 nitrogen and oxygen atoms in total. The topological polar surface area (TPSA) is 42.2 Å². The van der Waals surface area contributed by atoms with Crippen LogP contribution in [0.25, 0.3) is 0 Å². The van der Waals surface area contributed by atoms with Gasteiger partial charge in [-0.05, 0) is 31.5 Å². The van der Waals surface area contributed by atoms with Gasteiger partial charge in [0.2, 0.25) is 0 Å². The molecule has 1 unspecified atom stereocenters. The van der Waals surface area contributed by atoms with Crippen LogP contribution in [0.5, 0.6) is 0 Å². The van der Waals surface area contributed by atoms with Gasteiger partial charge in [-0.3, -0.25) is 0 Å². The van der Waals surface area contributed by atoms with Crippen LogP contribution < -0.4 is 10.6 Å². The van der Waals surface area contributed by atoms with E-state index in [0.717, 1.165) is 22.3 Å². The summed E-state index contributed by atoms with van der Waals surface area (Å²) >= 11 is 5.29. The minimum absolute atomic E-state index is 0.0393. The molecule has 5 heteroatoms. The first-order chi connectivity index (χ1) is 8.99. The molecule has 2 rings (SSSR count). The van der Waals surface area contributed by atoms with Gasteiger partial charge in [-0.1, -0.05) is 22.0 Å². The molecule has 0 amide bonds. The molecule has 1 aromatic carbocycles. The summed E-state index contributed by atoms with van der Waals surface area (Å²) in [5.41, 5.74) is 11.2. The van der Waals surface area contributed by atoms with Gasteiger partial charge in [0.15, 0.2) is 0 Å². The van der Waals surface area contributed by atoms with Crippen molar-refractivity contribution in [2.45, 2.75) is 26.4 Å². The third kappa shape index (κ3) is 3.35. The molecule has 0 aliphatic carbocycles. The number of aromatic nitrogens is 1.